The van der Waals surface area contributed by atoms with Gasteiger partial charge in [-0.25, -0.2) is 9.59 Å². The second-order valence-electron chi connectivity index (χ2n) is 5.37. The molecule has 1 aliphatic heterocycles. The van der Waals surface area contributed by atoms with Crippen LogP contribution in [0.25, 0.3) is 0 Å². The second-order valence-corrected chi connectivity index (χ2v) is 7.38. The number of nitrogens with one attached hydrogen (secondary N) is 1. The van der Waals surface area contributed by atoms with E-state index in [2.05, 4.69) is 5.32 Å². The Kier molecular flexibility index (Phi) is 5.01. The van der Waals surface area contributed by atoms with Crippen LogP contribution in [0, 0.1) is 0 Å². The Morgan fingerprint density at radius 3 is 2.67 bits per heavy atom. The molecule has 2 amide bonds. The molecule has 0 saturated carbocycles. The van der Waals surface area contributed by atoms with Gasteiger partial charge in [-0.1, -0.05) is 12.1 Å². The molecule has 2 aromatic heterocycles. The van der Waals surface area contributed by atoms with Gasteiger partial charge in [-0.05, 0) is 36.2 Å². The van der Waals surface area contributed by atoms with E-state index in [1.54, 1.807) is 23.2 Å². The molecule has 1 aliphatic rings. The number of amides is 2. The number of carbonyl (C=O) groups is 2. The number of allylic oxidation sites excluding steroid dienone is 1. The van der Waals surface area contributed by atoms with Crippen LogP contribution in [0.3, 0.4) is 0 Å². The van der Waals surface area contributed by atoms with Crippen LogP contribution in [-0.4, -0.2) is 30.6 Å². The fourth-order valence-electron chi connectivity index (χ4n) is 2.77. The molecule has 0 aromatic carbocycles. The summed E-state index contributed by atoms with van der Waals surface area (Å²) in [7, 11) is 1.36. The summed E-state index contributed by atoms with van der Waals surface area (Å²) in [5.41, 5.74) is 1.14. The van der Waals surface area contributed by atoms with E-state index < -0.39 is 12.0 Å². The van der Waals surface area contributed by atoms with E-state index in [9.17, 15) is 9.59 Å². The monoisotopic (exact) mass is 362 g/mol. The molecule has 24 heavy (non-hydrogen) atoms. The van der Waals surface area contributed by atoms with Crippen LogP contribution in [0.4, 0.5) is 4.79 Å². The zero-order valence-electron chi connectivity index (χ0n) is 13.4. The molecule has 3 rings (SSSR count). The van der Waals surface area contributed by atoms with E-state index in [0.29, 0.717) is 17.8 Å². The fraction of sp³-hybridized carbons (Fsp3) is 0.294. The number of ether oxygens (including phenoxy) is 1. The van der Waals surface area contributed by atoms with Gasteiger partial charge in [0.15, 0.2) is 0 Å². The van der Waals surface area contributed by atoms with Crippen molar-refractivity contribution in [2.75, 3.05) is 13.7 Å². The van der Waals surface area contributed by atoms with Gasteiger partial charge in [0.25, 0.3) is 0 Å². The van der Waals surface area contributed by atoms with E-state index in [4.69, 9.17) is 4.74 Å². The lowest BCUT2D eigenvalue weighted by Crippen LogP contribution is -2.48. The average Bonchev–Trinajstić information content (AvgIpc) is 3.27. The topological polar surface area (TPSA) is 58.6 Å². The third-order valence-corrected chi connectivity index (χ3v) is 5.86. The minimum absolute atomic E-state index is 0.185. The Hall–Kier alpha value is -2.12. The van der Waals surface area contributed by atoms with Crippen molar-refractivity contribution in [2.24, 2.45) is 0 Å². The molecule has 0 fully saturated rings. The summed E-state index contributed by atoms with van der Waals surface area (Å²) in [5.74, 6) is -0.410. The maximum atomic E-state index is 12.6. The van der Waals surface area contributed by atoms with Gasteiger partial charge < -0.3 is 10.1 Å². The molecule has 1 atom stereocenters. The molecule has 1 N–H and O–H groups in total. The summed E-state index contributed by atoms with van der Waals surface area (Å²) >= 11 is 3.16. The molecule has 0 radical (unpaired) electrons. The molecule has 0 bridgehead atoms. The van der Waals surface area contributed by atoms with Crippen molar-refractivity contribution < 1.29 is 14.3 Å². The lowest BCUT2D eigenvalue weighted by atomic mass is 10.0. The summed E-state index contributed by atoms with van der Waals surface area (Å²) in [6.45, 7) is 2.33. The van der Waals surface area contributed by atoms with Crippen LogP contribution in [0.2, 0.25) is 0 Å². The van der Waals surface area contributed by atoms with E-state index in [-0.39, 0.29) is 6.03 Å². The Labute approximate surface area is 148 Å². The largest absolute Gasteiger partial charge is 0.466 e. The Bertz CT molecular complexity index is 751. The number of urea groups is 1. The number of carbonyl (C=O) groups excluding carboxylic acids is 2. The number of thiophene rings is 2. The molecule has 0 spiro atoms. The van der Waals surface area contributed by atoms with Crippen LogP contribution in [-0.2, 0) is 16.0 Å². The fourth-order valence-corrected chi connectivity index (χ4v) is 4.25. The molecule has 3 heterocycles. The summed E-state index contributed by atoms with van der Waals surface area (Å²) < 4.78 is 4.95. The standard InChI is InChI=1S/C17H18N2O3S2/c1-11-14(16(20)22-2)15(13-6-4-10-24-13)18-17(21)19(11)8-7-12-5-3-9-23-12/h3-6,9-10,15H,7-8H2,1-2H3,(H,18,21)/t15-/m1/s1. The number of nitrogens with zero attached hydrogens (tertiary/aromatic N) is 1. The Morgan fingerprint density at radius 1 is 1.29 bits per heavy atom. The smallest absolute Gasteiger partial charge is 0.338 e. The van der Waals surface area contributed by atoms with Crippen LogP contribution in [0.1, 0.15) is 22.7 Å². The number of methoxy groups -OCH3 is 1. The quantitative estimate of drug-likeness (QED) is 0.828. The highest BCUT2D eigenvalue weighted by molar-refractivity contribution is 7.10. The van der Waals surface area contributed by atoms with Crippen LogP contribution >= 0.6 is 22.7 Å². The van der Waals surface area contributed by atoms with E-state index in [0.717, 1.165) is 11.3 Å². The minimum atomic E-state index is -0.456. The highest BCUT2D eigenvalue weighted by Gasteiger charge is 2.36. The minimum Gasteiger partial charge on any atom is -0.466 e. The van der Waals surface area contributed by atoms with Crippen LogP contribution in [0.15, 0.2) is 46.3 Å². The molecule has 126 valence electrons. The van der Waals surface area contributed by atoms with Gasteiger partial charge >= 0.3 is 12.0 Å². The predicted octanol–water partition coefficient (Wildman–Crippen LogP) is 3.57. The number of hydrogen-bond acceptors (Lipinski definition) is 5. The zero-order chi connectivity index (χ0) is 17.1. The second kappa shape index (κ2) is 7.19. The number of hydrogen-bond donors (Lipinski definition) is 1. The lowest BCUT2D eigenvalue weighted by Gasteiger charge is -2.34. The first-order valence-corrected chi connectivity index (χ1v) is 9.30. The van der Waals surface area contributed by atoms with Crippen LogP contribution in [0.5, 0.6) is 0 Å². The van der Waals surface area contributed by atoms with E-state index in [1.807, 2.05) is 35.0 Å². The molecular formula is C17H18N2O3S2. The van der Waals surface area contributed by atoms with Crippen molar-refractivity contribution in [1.29, 1.82) is 0 Å². The third-order valence-electron chi connectivity index (χ3n) is 3.99. The normalized spacial score (nSPS) is 17.8. The maximum Gasteiger partial charge on any atom is 0.338 e. The zero-order valence-corrected chi connectivity index (χ0v) is 15.1. The van der Waals surface area contributed by atoms with Crippen molar-refractivity contribution in [3.8, 4) is 0 Å². The molecule has 5 nitrogen and oxygen atoms in total. The number of esters is 1. The molecule has 0 aliphatic carbocycles. The lowest BCUT2D eigenvalue weighted by molar-refractivity contribution is -0.136. The van der Waals surface area contributed by atoms with Gasteiger partial charge in [-0.3, -0.25) is 4.90 Å². The molecule has 0 unspecified atom stereocenters. The maximum absolute atomic E-state index is 12.6. The first kappa shape index (κ1) is 16.7. The first-order valence-electron chi connectivity index (χ1n) is 7.54. The third kappa shape index (κ3) is 3.22. The van der Waals surface area contributed by atoms with E-state index in [1.165, 1.54) is 23.3 Å². The Balaban J connectivity index is 1.91. The summed E-state index contributed by atoms with van der Waals surface area (Å²) in [6, 6.07) is 7.21. The molecule has 0 saturated heterocycles. The molecule has 2 aromatic rings. The van der Waals surface area contributed by atoms with Gasteiger partial charge in [0.1, 0.15) is 0 Å². The predicted molar refractivity (Wildman–Crippen MR) is 95.0 cm³/mol. The van der Waals surface area contributed by atoms with Crippen molar-refractivity contribution in [1.82, 2.24) is 10.2 Å². The summed E-state index contributed by atoms with van der Waals surface area (Å²) in [6.07, 6.45) is 0.751. The first-order chi connectivity index (χ1) is 11.6. The van der Waals surface area contributed by atoms with Gasteiger partial charge in [-0.15, -0.1) is 22.7 Å². The highest BCUT2D eigenvalue weighted by atomic mass is 32.1. The molecule has 7 heteroatoms. The van der Waals surface area contributed by atoms with E-state index >= 15 is 0 Å². The highest BCUT2D eigenvalue weighted by Crippen LogP contribution is 2.33. The van der Waals surface area contributed by atoms with Crippen LogP contribution < -0.4 is 5.32 Å². The average molecular weight is 362 g/mol. The summed E-state index contributed by atoms with van der Waals surface area (Å²) in [5, 5.41) is 6.88. The van der Waals surface area contributed by atoms with Crippen molar-refractivity contribution in [3.63, 3.8) is 0 Å². The van der Waals surface area contributed by atoms with Crippen molar-refractivity contribution in [3.05, 3.63) is 56.1 Å². The van der Waals surface area contributed by atoms with Gasteiger partial charge in [-0.2, -0.15) is 0 Å². The van der Waals surface area contributed by atoms with Gasteiger partial charge in [0.05, 0.1) is 18.7 Å². The molecular weight excluding hydrogens is 344 g/mol. The van der Waals surface area contributed by atoms with Crippen molar-refractivity contribution in [2.45, 2.75) is 19.4 Å². The van der Waals surface area contributed by atoms with Crippen molar-refractivity contribution >= 4 is 34.7 Å². The SMILES string of the molecule is COC(=O)C1=C(C)N(CCc2cccs2)C(=O)N[C@@H]1c1cccs1. The summed E-state index contributed by atoms with van der Waals surface area (Å²) in [4.78, 5) is 28.6. The number of rotatable bonds is 5. The van der Waals surface area contributed by atoms with Gasteiger partial charge in [0, 0.05) is 22.0 Å². The Morgan fingerprint density at radius 2 is 2.04 bits per heavy atom. The van der Waals surface area contributed by atoms with Gasteiger partial charge in [0.2, 0.25) is 0 Å².